The van der Waals surface area contributed by atoms with Crippen LogP contribution in [0.4, 0.5) is 5.69 Å². The van der Waals surface area contributed by atoms with Crippen LogP contribution in [-0.2, 0) is 6.54 Å². The molecular weight excluding hydrogens is 312 g/mol. The normalized spacial score (nSPS) is 10.9. The molecule has 1 heterocycles. The second-order valence-corrected chi connectivity index (χ2v) is 6.00. The standard InChI is InChI=1S/C17H17BrN2/c1-11-8-12(2)17(15(18)9-11)20-10-13-4-3-5-16-14(13)6-7-19-16/h3-9,19-20H,10H2,1-2H3. The molecule has 0 aliphatic carbocycles. The summed E-state index contributed by atoms with van der Waals surface area (Å²) < 4.78 is 1.12. The average molecular weight is 329 g/mol. The largest absolute Gasteiger partial charge is 0.380 e. The molecule has 0 amide bonds. The lowest BCUT2D eigenvalue weighted by Crippen LogP contribution is -2.02. The Balaban J connectivity index is 1.89. The van der Waals surface area contributed by atoms with Crippen LogP contribution >= 0.6 is 15.9 Å². The molecule has 0 aliphatic rings. The number of aryl methyl sites for hydroxylation is 2. The van der Waals surface area contributed by atoms with E-state index in [1.807, 2.05) is 6.20 Å². The van der Waals surface area contributed by atoms with Gasteiger partial charge in [0.15, 0.2) is 0 Å². The van der Waals surface area contributed by atoms with Gasteiger partial charge in [0.25, 0.3) is 0 Å². The predicted molar refractivity (Wildman–Crippen MR) is 89.2 cm³/mol. The topological polar surface area (TPSA) is 27.8 Å². The van der Waals surface area contributed by atoms with E-state index in [1.54, 1.807) is 0 Å². The minimum Gasteiger partial charge on any atom is -0.380 e. The van der Waals surface area contributed by atoms with Crippen molar-refractivity contribution in [2.45, 2.75) is 20.4 Å². The van der Waals surface area contributed by atoms with E-state index in [2.05, 4.69) is 76.5 Å². The lowest BCUT2D eigenvalue weighted by atomic mass is 10.1. The summed E-state index contributed by atoms with van der Waals surface area (Å²) in [5, 5.41) is 4.82. The first-order valence-corrected chi connectivity index (χ1v) is 7.50. The number of nitrogens with one attached hydrogen (secondary N) is 2. The van der Waals surface area contributed by atoms with Crippen LogP contribution in [0.1, 0.15) is 16.7 Å². The number of hydrogen-bond acceptors (Lipinski definition) is 1. The Bertz CT molecular complexity index is 736. The van der Waals surface area contributed by atoms with Crippen molar-refractivity contribution in [2.24, 2.45) is 0 Å². The Morgan fingerprint density at radius 3 is 2.80 bits per heavy atom. The van der Waals surface area contributed by atoms with E-state index in [-0.39, 0.29) is 0 Å². The fourth-order valence-corrected chi connectivity index (χ4v) is 3.44. The van der Waals surface area contributed by atoms with Gasteiger partial charge < -0.3 is 10.3 Å². The van der Waals surface area contributed by atoms with E-state index in [0.29, 0.717) is 0 Å². The molecule has 0 radical (unpaired) electrons. The van der Waals surface area contributed by atoms with E-state index in [0.717, 1.165) is 11.0 Å². The van der Waals surface area contributed by atoms with Crippen molar-refractivity contribution in [1.82, 2.24) is 4.98 Å². The van der Waals surface area contributed by atoms with Crippen molar-refractivity contribution in [3.05, 3.63) is 63.8 Å². The lowest BCUT2D eigenvalue weighted by Gasteiger charge is -2.13. The molecule has 20 heavy (non-hydrogen) atoms. The first kappa shape index (κ1) is 13.3. The summed E-state index contributed by atoms with van der Waals surface area (Å²) in [6, 6.07) is 12.8. The van der Waals surface area contributed by atoms with Crippen LogP contribution in [0.2, 0.25) is 0 Å². The maximum Gasteiger partial charge on any atom is 0.0517 e. The first-order valence-electron chi connectivity index (χ1n) is 6.71. The maximum atomic E-state index is 3.65. The number of benzene rings is 2. The van der Waals surface area contributed by atoms with Crippen LogP contribution < -0.4 is 5.32 Å². The minimum absolute atomic E-state index is 0.817. The molecule has 0 unspecified atom stereocenters. The fourth-order valence-electron chi connectivity index (χ4n) is 2.63. The maximum absolute atomic E-state index is 3.65. The van der Waals surface area contributed by atoms with Crippen molar-refractivity contribution in [2.75, 3.05) is 5.32 Å². The van der Waals surface area contributed by atoms with Gasteiger partial charge >= 0.3 is 0 Å². The van der Waals surface area contributed by atoms with Crippen molar-refractivity contribution in [3.8, 4) is 0 Å². The van der Waals surface area contributed by atoms with Crippen LogP contribution in [0, 0.1) is 13.8 Å². The van der Waals surface area contributed by atoms with Crippen LogP contribution in [0.15, 0.2) is 47.1 Å². The molecule has 2 N–H and O–H groups in total. The lowest BCUT2D eigenvalue weighted by molar-refractivity contribution is 1.15. The molecule has 0 fully saturated rings. The van der Waals surface area contributed by atoms with Crippen LogP contribution in [0.5, 0.6) is 0 Å². The molecular formula is C17H17BrN2. The predicted octanol–water partition coefficient (Wildman–Crippen LogP) is 5.16. The van der Waals surface area contributed by atoms with E-state index < -0.39 is 0 Å². The molecule has 3 heteroatoms. The highest BCUT2D eigenvalue weighted by Crippen LogP contribution is 2.29. The number of fused-ring (bicyclic) bond motifs is 1. The molecule has 0 aliphatic heterocycles. The molecule has 0 saturated heterocycles. The van der Waals surface area contributed by atoms with E-state index in [4.69, 9.17) is 0 Å². The van der Waals surface area contributed by atoms with Crippen molar-refractivity contribution in [3.63, 3.8) is 0 Å². The van der Waals surface area contributed by atoms with Crippen LogP contribution in [-0.4, -0.2) is 4.98 Å². The van der Waals surface area contributed by atoms with Gasteiger partial charge in [0.2, 0.25) is 0 Å². The summed E-state index contributed by atoms with van der Waals surface area (Å²) in [5.41, 5.74) is 6.19. The summed E-state index contributed by atoms with van der Waals surface area (Å²) >= 11 is 3.65. The Morgan fingerprint density at radius 2 is 2.00 bits per heavy atom. The summed E-state index contributed by atoms with van der Waals surface area (Å²) in [6.45, 7) is 5.07. The molecule has 3 aromatic rings. The third-order valence-electron chi connectivity index (χ3n) is 3.57. The first-order chi connectivity index (χ1) is 9.65. The zero-order chi connectivity index (χ0) is 14.1. The van der Waals surface area contributed by atoms with Gasteiger partial charge in [-0.25, -0.2) is 0 Å². The average Bonchev–Trinajstić information content (AvgIpc) is 2.86. The number of anilines is 1. The Kier molecular flexibility index (Phi) is 3.53. The summed E-state index contributed by atoms with van der Waals surface area (Å²) in [6.07, 6.45) is 1.99. The zero-order valence-corrected chi connectivity index (χ0v) is 13.2. The van der Waals surface area contributed by atoms with Crippen molar-refractivity contribution >= 4 is 32.5 Å². The molecule has 3 rings (SSSR count). The van der Waals surface area contributed by atoms with E-state index >= 15 is 0 Å². The second-order valence-electron chi connectivity index (χ2n) is 5.15. The van der Waals surface area contributed by atoms with Gasteiger partial charge in [-0.1, -0.05) is 18.2 Å². The second kappa shape index (κ2) is 5.33. The van der Waals surface area contributed by atoms with Gasteiger partial charge in [-0.05, 0) is 64.7 Å². The van der Waals surface area contributed by atoms with Crippen LogP contribution in [0.25, 0.3) is 10.9 Å². The molecule has 0 bridgehead atoms. The Morgan fingerprint density at radius 1 is 1.15 bits per heavy atom. The SMILES string of the molecule is Cc1cc(C)c(NCc2cccc3[nH]ccc23)c(Br)c1. The molecule has 0 saturated carbocycles. The summed E-state index contributed by atoms with van der Waals surface area (Å²) in [5.74, 6) is 0. The van der Waals surface area contributed by atoms with Crippen molar-refractivity contribution in [1.29, 1.82) is 0 Å². The van der Waals surface area contributed by atoms with Gasteiger partial charge in [-0.2, -0.15) is 0 Å². The summed E-state index contributed by atoms with van der Waals surface area (Å²) in [4.78, 5) is 3.25. The number of halogens is 1. The van der Waals surface area contributed by atoms with Gasteiger partial charge in [-0.3, -0.25) is 0 Å². The van der Waals surface area contributed by atoms with Gasteiger partial charge in [0.1, 0.15) is 0 Å². The number of aromatic nitrogens is 1. The van der Waals surface area contributed by atoms with Gasteiger partial charge in [0.05, 0.1) is 5.69 Å². The van der Waals surface area contributed by atoms with E-state index in [9.17, 15) is 0 Å². The fraction of sp³-hybridized carbons (Fsp3) is 0.176. The monoisotopic (exact) mass is 328 g/mol. The third kappa shape index (κ3) is 2.46. The van der Waals surface area contributed by atoms with E-state index in [1.165, 1.54) is 33.3 Å². The highest BCUT2D eigenvalue weighted by molar-refractivity contribution is 9.10. The third-order valence-corrected chi connectivity index (χ3v) is 4.20. The molecule has 102 valence electrons. The van der Waals surface area contributed by atoms with Crippen LogP contribution in [0.3, 0.4) is 0 Å². The van der Waals surface area contributed by atoms with Gasteiger partial charge in [-0.15, -0.1) is 0 Å². The quantitative estimate of drug-likeness (QED) is 0.682. The molecule has 0 spiro atoms. The minimum atomic E-state index is 0.817. The highest BCUT2D eigenvalue weighted by Gasteiger charge is 2.06. The van der Waals surface area contributed by atoms with Crippen molar-refractivity contribution < 1.29 is 0 Å². The summed E-state index contributed by atoms with van der Waals surface area (Å²) in [7, 11) is 0. The highest BCUT2D eigenvalue weighted by atomic mass is 79.9. The number of rotatable bonds is 3. The van der Waals surface area contributed by atoms with Gasteiger partial charge in [0, 0.05) is 28.1 Å². The molecule has 2 nitrogen and oxygen atoms in total. The number of aromatic amines is 1. The number of H-pyrrole nitrogens is 1. The zero-order valence-electron chi connectivity index (χ0n) is 11.6. The number of hydrogen-bond donors (Lipinski definition) is 2. The molecule has 1 aromatic heterocycles. The Labute approximate surface area is 127 Å². The Hall–Kier alpha value is -1.74. The smallest absolute Gasteiger partial charge is 0.0517 e. The molecule has 2 aromatic carbocycles. The molecule has 0 atom stereocenters.